The van der Waals surface area contributed by atoms with Gasteiger partial charge < -0.3 is 14.2 Å². The van der Waals surface area contributed by atoms with Crippen LogP contribution in [-0.2, 0) is 28.6 Å². The van der Waals surface area contributed by atoms with Gasteiger partial charge in [-0.3, -0.25) is 14.4 Å². The van der Waals surface area contributed by atoms with Crippen molar-refractivity contribution in [3.63, 3.8) is 0 Å². The summed E-state index contributed by atoms with van der Waals surface area (Å²) in [6, 6.07) is 0. The van der Waals surface area contributed by atoms with Crippen LogP contribution in [0.25, 0.3) is 0 Å². The van der Waals surface area contributed by atoms with Crippen molar-refractivity contribution in [2.45, 2.75) is 247 Å². The smallest absolute Gasteiger partial charge is 0.306 e. The Labute approximate surface area is 323 Å². The molecule has 0 amide bonds. The van der Waals surface area contributed by atoms with Crippen molar-refractivity contribution in [1.29, 1.82) is 0 Å². The van der Waals surface area contributed by atoms with Crippen LogP contribution in [0.4, 0.5) is 0 Å². The van der Waals surface area contributed by atoms with Gasteiger partial charge in [0.05, 0.1) is 0 Å². The molecule has 6 heteroatoms. The molecule has 0 aliphatic rings. The normalized spacial score (nSPS) is 12.2. The predicted octanol–water partition coefficient (Wildman–Crippen LogP) is 14.0. The largest absolute Gasteiger partial charge is 0.462 e. The minimum Gasteiger partial charge on any atom is -0.462 e. The van der Waals surface area contributed by atoms with Gasteiger partial charge in [0, 0.05) is 19.3 Å². The van der Waals surface area contributed by atoms with E-state index in [9.17, 15) is 14.4 Å². The second kappa shape index (κ2) is 37.7. The fourth-order valence-electron chi connectivity index (χ4n) is 6.70. The standard InChI is InChI=1S/C46H88O6/c1-40(2)32-26-20-14-9-7-11-17-23-29-35-44(47)50-38-43(39-51-45(48)36-30-24-19-13-16-22-28-34-42(5)6)52-46(49)37-31-25-18-12-8-10-15-21-27-33-41(3)4/h40-43H,7-39H2,1-6H3/t43-/m1/s1. The summed E-state index contributed by atoms with van der Waals surface area (Å²) in [5, 5.41) is 0. The molecule has 0 radical (unpaired) electrons. The van der Waals surface area contributed by atoms with Crippen molar-refractivity contribution in [2.24, 2.45) is 17.8 Å². The second-order valence-electron chi connectivity index (χ2n) is 17.1. The zero-order valence-corrected chi connectivity index (χ0v) is 35.6. The highest BCUT2D eigenvalue weighted by Crippen LogP contribution is 2.16. The molecule has 308 valence electrons. The maximum atomic E-state index is 12.7. The maximum Gasteiger partial charge on any atom is 0.306 e. The SMILES string of the molecule is CC(C)CCCCCCCCCCCC(=O)OC[C@H](COC(=O)CCCCCCCCCC(C)C)OC(=O)CCCCCCCCCCCC(C)C. The molecule has 0 spiro atoms. The number of hydrogen-bond acceptors (Lipinski definition) is 6. The summed E-state index contributed by atoms with van der Waals surface area (Å²) in [7, 11) is 0. The number of carbonyl (C=O) groups excluding carboxylic acids is 3. The second-order valence-corrected chi connectivity index (χ2v) is 17.1. The van der Waals surface area contributed by atoms with Crippen LogP contribution in [0.3, 0.4) is 0 Å². The van der Waals surface area contributed by atoms with Crippen molar-refractivity contribution < 1.29 is 28.6 Å². The van der Waals surface area contributed by atoms with Gasteiger partial charge in [0.1, 0.15) is 13.2 Å². The van der Waals surface area contributed by atoms with Crippen LogP contribution in [0.15, 0.2) is 0 Å². The van der Waals surface area contributed by atoms with Crippen molar-refractivity contribution >= 4 is 17.9 Å². The van der Waals surface area contributed by atoms with E-state index < -0.39 is 6.10 Å². The zero-order chi connectivity index (χ0) is 38.5. The summed E-state index contributed by atoms with van der Waals surface area (Å²) in [5.41, 5.74) is 0. The van der Waals surface area contributed by atoms with E-state index in [1.807, 2.05) is 0 Å². The third-order valence-electron chi connectivity index (χ3n) is 10.1. The van der Waals surface area contributed by atoms with E-state index in [0.717, 1.165) is 75.5 Å². The summed E-state index contributed by atoms with van der Waals surface area (Å²) in [4.78, 5) is 37.7. The molecule has 0 rings (SSSR count). The number of ether oxygens (including phenoxy) is 3. The van der Waals surface area contributed by atoms with E-state index in [1.54, 1.807) is 0 Å². The number of carbonyl (C=O) groups is 3. The van der Waals surface area contributed by atoms with E-state index >= 15 is 0 Å². The minimum atomic E-state index is -0.762. The molecule has 0 N–H and O–H groups in total. The first-order chi connectivity index (χ1) is 25.1. The monoisotopic (exact) mass is 737 g/mol. The van der Waals surface area contributed by atoms with Crippen LogP contribution in [0.2, 0.25) is 0 Å². The first-order valence-corrected chi connectivity index (χ1v) is 22.6. The van der Waals surface area contributed by atoms with Gasteiger partial charge in [0.2, 0.25) is 0 Å². The van der Waals surface area contributed by atoms with Crippen LogP contribution in [0.5, 0.6) is 0 Å². The van der Waals surface area contributed by atoms with E-state index in [0.29, 0.717) is 19.3 Å². The average Bonchev–Trinajstić information content (AvgIpc) is 3.09. The minimum absolute atomic E-state index is 0.0668. The van der Waals surface area contributed by atoms with Crippen LogP contribution >= 0.6 is 0 Å². The number of esters is 3. The highest BCUT2D eigenvalue weighted by Gasteiger charge is 2.19. The highest BCUT2D eigenvalue weighted by atomic mass is 16.6. The predicted molar refractivity (Wildman–Crippen MR) is 219 cm³/mol. The Kier molecular flexibility index (Phi) is 36.6. The van der Waals surface area contributed by atoms with Gasteiger partial charge in [-0.15, -0.1) is 0 Å². The molecule has 0 aliphatic carbocycles. The van der Waals surface area contributed by atoms with E-state index in [2.05, 4.69) is 41.5 Å². The molecule has 0 saturated heterocycles. The Bertz CT molecular complexity index is 807. The van der Waals surface area contributed by atoms with Gasteiger partial charge in [-0.2, -0.15) is 0 Å². The molecular formula is C46H88O6. The summed E-state index contributed by atoms with van der Waals surface area (Å²) >= 11 is 0. The quantitative estimate of drug-likeness (QED) is 0.0355. The zero-order valence-electron chi connectivity index (χ0n) is 35.6. The summed E-state index contributed by atoms with van der Waals surface area (Å²) < 4.78 is 16.7. The van der Waals surface area contributed by atoms with Crippen molar-refractivity contribution in [2.75, 3.05) is 13.2 Å². The lowest BCUT2D eigenvalue weighted by Gasteiger charge is -2.18. The summed E-state index contributed by atoms with van der Waals surface area (Å²) in [6.45, 7) is 13.6. The third kappa shape index (κ3) is 39.6. The Hall–Kier alpha value is -1.59. The molecule has 0 heterocycles. The highest BCUT2D eigenvalue weighted by molar-refractivity contribution is 5.71. The molecule has 0 aromatic rings. The molecule has 1 atom stereocenters. The van der Waals surface area contributed by atoms with Gasteiger partial charge in [-0.1, -0.05) is 202 Å². The molecule has 0 aromatic carbocycles. The maximum absolute atomic E-state index is 12.7. The Balaban J connectivity index is 4.35. The molecule has 0 fully saturated rings. The molecule has 0 aromatic heterocycles. The lowest BCUT2D eigenvalue weighted by Crippen LogP contribution is -2.30. The fraction of sp³-hybridized carbons (Fsp3) is 0.935. The lowest BCUT2D eigenvalue weighted by atomic mass is 10.0. The molecule has 0 saturated carbocycles. The Morgan fingerprint density at radius 2 is 0.558 bits per heavy atom. The van der Waals surface area contributed by atoms with Gasteiger partial charge in [0.25, 0.3) is 0 Å². The summed E-state index contributed by atoms with van der Waals surface area (Å²) in [5.74, 6) is 1.53. The van der Waals surface area contributed by atoms with Crippen LogP contribution < -0.4 is 0 Å². The van der Waals surface area contributed by atoms with E-state index in [4.69, 9.17) is 14.2 Å². The number of hydrogen-bond donors (Lipinski definition) is 0. The topological polar surface area (TPSA) is 78.9 Å². The third-order valence-corrected chi connectivity index (χ3v) is 10.1. The van der Waals surface area contributed by atoms with Gasteiger partial charge in [-0.05, 0) is 37.0 Å². The molecule has 0 bridgehead atoms. The summed E-state index contributed by atoms with van der Waals surface area (Å²) in [6.07, 6.45) is 33.9. The Morgan fingerprint density at radius 1 is 0.327 bits per heavy atom. The average molecular weight is 737 g/mol. The van der Waals surface area contributed by atoms with Crippen LogP contribution in [0, 0.1) is 17.8 Å². The van der Waals surface area contributed by atoms with Crippen LogP contribution in [0.1, 0.15) is 241 Å². The molecule has 0 aliphatic heterocycles. The number of unbranched alkanes of at least 4 members (excludes halogenated alkanes) is 22. The first-order valence-electron chi connectivity index (χ1n) is 22.6. The first kappa shape index (κ1) is 50.4. The molecule has 52 heavy (non-hydrogen) atoms. The molecule has 6 nitrogen and oxygen atoms in total. The van der Waals surface area contributed by atoms with E-state index in [1.165, 1.54) is 122 Å². The molecular weight excluding hydrogens is 648 g/mol. The van der Waals surface area contributed by atoms with Crippen molar-refractivity contribution in [1.82, 2.24) is 0 Å². The Morgan fingerprint density at radius 3 is 0.827 bits per heavy atom. The van der Waals surface area contributed by atoms with Crippen molar-refractivity contribution in [3.8, 4) is 0 Å². The van der Waals surface area contributed by atoms with Gasteiger partial charge >= 0.3 is 17.9 Å². The van der Waals surface area contributed by atoms with Crippen LogP contribution in [-0.4, -0.2) is 37.2 Å². The van der Waals surface area contributed by atoms with Gasteiger partial charge in [0.15, 0.2) is 6.10 Å². The van der Waals surface area contributed by atoms with Crippen molar-refractivity contribution in [3.05, 3.63) is 0 Å². The van der Waals surface area contributed by atoms with Gasteiger partial charge in [-0.25, -0.2) is 0 Å². The molecule has 0 unspecified atom stereocenters. The fourth-order valence-corrected chi connectivity index (χ4v) is 6.70. The van der Waals surface area contributed by atoms with E-state index in [-0.39, 0.29) is 31.1 Å². The number of rotatable bonds is 39. The lowest BCUT2D eigenvalue weighted by molar-refractivity contribution is -0.167.